The number of aromatic nitrogens is 2. The van der Waals surface area contributed by atoms with Gasteiger partial charge in [0.2, 0.25) is 5.88 Å². The van der Waals surface area contributed by atoms with Crippen molar-refractivity contribution in [3.05, 3.63) is 41.1 Å². The Bertz CT molecular complexity index is 584. The fourth-order valence-corrected chi connectivity index (χ4v) is 2.27. The van der Waals surface area contributed by atoms with Crippen molar-refractivity contribution in [2.45, 2.75) is 12.3 Å². The summed E-state index contributed by atoms with van der Waals surface area (Å²) in [5, 5.41) is 4.70. The van der Waals surface area contributed by atoms with Crippen molar-refractivity contribution in [2.24, 2.45) is 7.05 Å². The van der Waals surface area contributed by atoms with Gasteiger partial charge in [-0.05, 0) is 19.1 Å². The summed E-state index contributed by atoms with van der Waals surface area (Å²) >= 11 is 3.32. The molecular formula is C12H11BrF2N2O. The zero-order chi connectivity index (χ0) is 13.3. The minimum absolute atomic E-state index is 0.153. The number of ether oxygens (including phenoxy) is 1. The maximum atomic E-state index is 13.5. The fourth-order valence-electron chi connectivity index (χ4n) is 1.62. The first kappa shape index (κ1) is 13.0. The van der Waals surface area contributed by atoms with Gasteiger partial charge in [-0.15, -0.1) is 0 Å². The van der Waals surface area contributed by atoms with E-state index < -0.39 is 11.6 Å². The lowest BCUT2D eigenvalue weighted by Gasteiger charge is -2.08. The van der Waals surface area contributed by atoms with E-state index in [1.807, 2.05) is 6.92 Å². The molecule has 0 spiro atoms. The standard InChI is InChI=1S/C12H11BrF2N2O/c1-7-9(6-13)12(17(2)16-7)18-11-5-8(14)3-4-10(11)15/h3-5H,6H2,1-2H3. The average Bonchev–Trinajstić information content (AvgIpc) is 2.58. The second-order valence-electron chi connectivity index (χ2n) is 3.80. The van der Waals surface area contributed by atoms with Crippen LogP contribution >= 0.6 is 15.9 Å². The van der Waals surface area contributed by atoms with E-state index >= 15 is 0 Å². The first-order valence-electron chi connectivity index (χ1n) is 5.24. The summed E-state index contributed by atoms with van der Waals surface area (Å²) in [6, 6.07) is 3.08. The Morgan fingerprint density at radius 1 is 1.39 bits per heavy atom. The normalized spacial score (nSPS) is 10.7. The Morgan fingerprint density at radius 3 is 2.78 bits per heavy atom. The number of hydrogen-bond donors (Lipinski definition) is 0. The molecule has 2 rings (SSSR count). The Hall–Kier alpha value is -1.43. The molecule has 1 aromatic heterocycles. The third-order valence-electron chi connectivity index (χ3n) is 2.52. The summed E-state index contributed by atoms with van der Waals surface area (Å²) in [7, 11) is 1.69. The highest BCUT2D eigenvalue weighted by atomic mass is 79.9. The van der Waals surface area contributed by atoms with Crippen LogP contribution in [0.4, 0.5) is 8.78 Å². The first-order chi connectivity index (χ1) is 8.52. The maximum absolute atomic E-state index is 13.5. The highest BCUT2D eigenvalue weighted by molar-refractivity contribution is 9.08. The second kappa shape index (κ2) is 5.06. The highest BCUT2D eigenvalue weighted by Crippen LogP contribution is 2.30. The van der Waals surface area contributed by atoms with E-state index in [-0.39, 0.29) is 5.75 Å². The maximum Gasteiger partial charge on any atom is 0.222 e. The van der Waals surface area contributed by atoms with Gasteiger partial charge in [0, 0.05) is 24.0 Å². The smallest absolute Gasteiger partial charge is 0.222 e. The Kier molecular flexibility index (Phi) is 3.65. The van der Waals surface area contributed by atoms with E-state index in [9.17, 15) is 8.78 Å². The van der Waals surface area contributed by atoms with Crippen LogP contribution in [0.25, 0.3) is 0 Å². The highest BCUT2D eigenvalue weighted by Gasteiger charge is 2.16. The molecule has 0 N–H and O–H groups in total. The molecular weight excluding hydrogens is 306 g/mol. The van der Waals surface area contributed by atoms with Crippen LogP contribution in [-0.2, 0) is 12.4 Å². The molecule has 6 heteroatoms. The van der Waals surface area contributed by atoms with E-state index in [0.29, 0.717) is 11.2 Å². The van der Waals surface area contributed by atoms with Gasteiger partial charge in [0.15, 0.2) is 11.6 Å². The van der Waals surface area contributed by atoms with Crippen molar-refractivity contribution in [1.29, 1.82) is 0 Å². The van der Waals surface area contributed by atoms with Crippen molar-refractivity contribution in [3.63, 3.8) is 0 Å². The molecule has 96 valence electrons. The molecule has 0 radical (unpaired) electrons. The van der Waals surface area contributed by atoms with Gasteiger partial charge >= 0.3 is 0 Å². The van der Waals surface area contributed by atoms with Crippen molar-refractivity contribution < 1.29 is 13.5 Å². The van der Waals surface area contributed by atoms with Gasteiger partial charge in [-0.2, -0.15) is 5.10 Å². The monoisotopic (exact) mass is 316 g/mol. The van der Waals surface area contributed by atoms with Gasteiger partial charge in [0.1, 0.15) is 5.82 Å². The molecule has 18 heavy (non-hydrogen) atoms. The van der Waals surface area contributed by atoms with Gasteiger partial charge in [0.05, 0.1) is 5.69 Å². The van der Waals surface area contributed by atoms with E-state index in [2.05, 4.69) is 21.0 Å². The molecule has 1 heterocycles. The molecule has 0 atom stereocenters. The average molecular weight is 317 g/mol. The number of nitrogens with zero attached hydrogens (tertiary/aromatic N) is 2. The van der Waals surface area contributed by atoms with Crippen molar-refractivity contribution in [1.82, 2.24) is 9.78 Å². The molecule has 0 aliphatic heterocycles. The minimum atomic E-state index is -0.615. The molecule has 1 aromatic carbocycles. The first-order valence-corrected chi connectivity index (χ1v) is 6.36. The van der Waals surface area contributed by atoms with Crippen LogP contribution in [0.3, 0.4) is 0 Å². The van der Waals surface area contributed by atoms with Gasteiger partial charge in [-0.1, -0.05) is 15.9 Å². The number of rotatable bonds is 3. The molecule has 0 aliphatic rings. The molecule has 0 saturated heterocycles. The fraction of sp³-hybridized carbons (Fsp3) is 0.250. The number of benzene rings is 1. The summed E-state index contributed by atoms with van der Waals surface area (Å²) in [5.74, 6) is -0.921. The Labute approximate surface area is 112 Å². The van der Waals surface area contributed by atoms with Crippen LogP contribution in [0, 0.1) is 18.6 Å². The third kappa shape index (κ3) is 2.38. The predicted octanol–water partition coefficient (Wildman–Crippen LogP) is 3.69. The predicted molar refractivity (Wildman–Crippen MR) is 67.0 cm³/mol. The van der Waals surface area contributed by atoms with Crippen molar-refractivity contribution >= 4 is 15.9 Å². The molecule has 0 fully saturated rings. The molecule has 0 saturated carbocycles. The molecule has 0 aliphatic carbocycles. The number of hydrogen-bond acceptors (Lipinski definition) is 2. The summed E-state index contributed by atoms with van der Waals surface area (Å²) in [6.07, 6.45) is 0. The summed E-state index contributed by atoms with van der Waals surface area (Å²) in [4.78, 5) is 0. The number of alkyl halides is 1. The summed E-state index contributed by atoms with van der Waals surface area (Å²) in [5.41, 5.74) is 1.59. The number of aryl methyl sites for hydroxylation is 2. The van der Waals surface area contributed by atoms with Gasteiger partial charge in [0.25, 0.3) is 0 Å². The van der Waals surface area contributed by atoms with Gasteiger partial charge < -0.3 is 4.74 Å². The Balaban J connectivity index is 2.42. The lowest BCUT2D eigenvalue weighted by atomic mass is 10.3. The van der Waals surface area contributed by atoms with Gasteiger partial charge in [-0.3, -0.25) is 0 Å². The largest absolute Gasteiger partial charge is 0.436 e. The summed E-state index contributed by atoms with van der Waals surface area (Å²) in [6.45, 7) is 1.82. The van der Waals surface area contributed by atoms with Crippen molar-refractivity contribution in [3.8, 4) is 11.6 Å². The van der Waals surface area contributed by atoms with E-state index in [0.717, 1.165) is 29.5 Å². The zero-order valence-corrected chi connectivity index (χ0v) is 11.5. The minimum Gasteiger partial charge on any atom is -0.436 e. The number of halogens is 3. The van der Waals surface area contributed by atoms with Crippen LogP contribution < -0.4 is 4.74 Å². The van der Waals surface area contributed by atoms with Crippen LogP contribution in [0.2, 0.25) is 0 Å². The summed E-state index contributed by atoms with van der Waals surface area (Å²) < 4.78 is 33.5. The quantitative estimate of drug-likeness (QED) is 0.807. The van der Waals surface area contributed by atoms with Crippen LogP contribution in [-0.4, -0.2) is 9.78 Å². The topological polar surface area (TPSA) is 27.1 Å². The van der Waals surface area contributed by atoms with E-state index in [1.54, 1.807) is 7.05 Å². The lowest BCUT2D eigenvalue weighted by molar-refractivity contribution is 0.397. The Morgan fingerprint density at radius 2 is 2.11 bits per heavy atom. The van der Waals surface area contributed by atoms with E-state index in [4.69, 9.17) is 4.74 Å². The molecule has 0 amide bonds. The molecule has 0 bridgehead atoms. The van der Waals surface area contributed by atoms with Gasteiger partial charge in [-0.25, -0.2) is 13.5 Å². The third-order valence-corrected chi connectivity index (χ3v) is 3.08. The van der Waals surface area contributed by atoms with Crippen LogP contribution in [0.5, 0.6) is 11.6 Å². The SMILES string of the molecule is Cc1nn(C)c(Oc2cc(F)ccc2F)c1CBr. The molecule has 2 aromatic rings. The molecule has 0 unspecified atom stereocenters. The molecule has 3 nitrogen and oxygen atoms in total. The lowest BCUT2D eigenvalue weighted by Crippen LogP contribution is -1.98. The van der Waals surface area contributed by atoms with E-state index in [1.165, 1.54) is 4.68 Å². The zero-order valence-electron chi connectivity index (χ0n) is 9.88. The van der Waals surface area contributed by atoms with Crippen molar-refractivity contribution in [2.75, 3.05) is 0 Å². The second-order valence-corrected chi connectivity index (χ2v) is 4.36. The van der Waals surface area contributed by atoms with Crippen LogP contribution in [0.15, 0.2) is 18.2 Å². The van der Waals surface area contributed by atoms with Crippen LogP contribution in [0.1, 0.15) is 11.3 Å².